The van der Waals surface area contributed by atoms with E-state index in [0.717, 1.165) is 29.3 Å². The zero-order valence-corrected chi connectivity index (χ0v) is 20.7. The van der Waals surface area contributed by atoms with Gasteiger partial charge in [-0.05, 0) is 69.6 Å². The van der Waals surface area contributed by atoms with E-state index in [2.05, 4.69) is 63.9 Å². The van der Waals surface area contributed by atoms with Crippen molar-refractivity contribution in [3.8, 4) is 0 Å². The van der Waals surface area contributed by atoms with E-state index < -0.39 is 0 Å². The van der Waals surface area contributed by atoms with Gasteiger partial charge in [0.25, 0.3) is 0 Å². The molecule has 0 aromatic carbocycles. The Morgan fingerprint density at radius 2 is 2.00 bits per heavy atom. The van der Waals surface area contributed by atoms with Crippen molar-refractivity contribution in [3.05, 3.63) is 72.4 Å². The second kappa shape index (κ2) is 12.1. The summed E-state index contributed by atoms with van der Waals surface area (Å²) in [6.07, 6.45) is 21.4. The number of nitrogens with zero attached hydrogens (tertiary/aromatic N) is 4. The monoisotopic (exact) mass is 461 g/mol. The Balaban J connectivity index is 1.25. The minimum Gasteiger partial charge on any atom is -0.444 e. The number of hydrogen-bond acceptors (Lipinski definition) is 6. The van der Waals surface area contributed by atoms with Gasteiger partial charge in [0.1, 0.15) is 5.82 Å². The summed E-state index contributed by atoms with van der Waals surface area (Å²) in [6, 6.07) is 0. The standard InChI is InChI=1S/C28H39N5O/c1-4-24(27-19-29-21-34-27)10-6-22-9-13-28(30-18-22)31-26(5-2)25-11-7-23(8-12-25)20-33-16-14-32(3)15-17-33/h4-6,10,13,18-19,21,23,25,31H,1,7-9,11-12,14-17,20H2,2-3H3/b22-6+,24-10+,26-5+. The lowest BCUT2D eigenvalue weighted by Gasteiger charge is -2.37. The first-order valence-corrected chi connectivity index (χ1v) is 12.6. The number of oxazole rings is 1. The number of aliphatic imine (C=N–C) groups is 1. The van der Waals surface area contributed by atoms with Gasteiger partial charge >= 0.3 is 0 Å². The number of allylic oxidation sites excluding steroid dienone is 8. The molecule has 1 N–H and O–H groups in total. The third-order valence-corrected chi connectivity index (χ3v) is 7.30. The van der Waals surface area contributed by atoms with E-state index in [1.165, 1.54) is 70.5 Å². The molecule has 6 nitrogen and oxygen atoms in total. The Labute approximate surface area is 204 Å². The van der Waals surface area contributed by atoms with Crippen molar-refractivity contribution in [1.29, 1.82) is 0 Å². The molecule has 1 aromatic heterocycles. The van der Waals surface area contributed by atoms with Gasteiger partial charge < -0.3 is 19.5 Å². The van der Waals surface area contributed by atoms with Gasteiger partial charge in [0.05, 0.1) is 6.20 Å². The van der Waals surface area contributed by atoms with Gasteiger partial charge in [0, 0.05) is 50.2 Å². The summed E-state index contributed by atoms with van der Waals surface area (Å²) in [4.78, 5) is 13.8. The number of aromatic nitrogens is 1. The Morgan fingerprint density at radius 3 is 2.62 bits per heavy atom. The molecule has 1 aromatic rings. The van der Waals surface area contributed by atoms with Crippen LogP contribution in [0.1, 0.15) is 44.8 Å². The largest absolute Gasteiger partial charge is 0.444 e. The lowest BCUT2D eigenvalue weighted by atomic mass is 9.80. The number of hydrogen-bond donors (Lipinski definition) is 1. The Hall–Kier alpha value is -2.70. The molecule has 0 bridgehead atoms. The highest BCUT2D eigenvalue weighted by Crippen LogP contribution is 2.33. The fraction of sp³-hybridized carbons (Fsp3) is 0.500. The van der Waals surface area contributed by atoms with Crippen molar-refractivity contribution < 1.29 is 4.42 Å². The molecule has 3 heterocycles. The number of nitrogens with one attached hydrogen (secondary N) is 1. The summed E-state index contributed by atoms with van der Waals surface area (Å²) >= 11 is 0. The SMILES string of the molecule is C=C/C(=C\C=C1\C=NC(N/C(=C/C)C2CCC(CN3CCN(C)CC3)CC2)=CC1)c1cnco1. The maximum atomic E-state index is 5.36. The molecule has 3 aliphatic rings. The molecule has 0 atom stereocenters. The van der Waals surface area contributed by atoms with Crippen molar-refractivity contribution in [2.75, 3.05) is 39.8 Å². The zero-order chi connectivity index (χ0) is 23.8. The van der Waals surface area contributed by atoms with Crippen LogP contribution in [0.15, 0.2) is 76.1 Å². The van der Waals surface area contributed by atoms with E-state index in [9.17, 15) is 0 Å². The van der Waals surface area contributed by atoms with Crippen LogP contribution in [0.25, 0.3) is 5.57 Å². The van der Waals surface area contributed by atoms with Crippen LogP contribution < -0.4 is 5.32 Å². The summed E-state index contributed by atoms with van der Waals surface area (Å²) in [5.74, 6) is 3.13. The molecule has 6 heteroatoms. The van der Waals surface area contributed by atoms with Crippen molar-refractivity contribution in [2.24, 2.45) is 16.8 Å². The van der Waals surface area contributed by atoms with E-state index in [1.807, 2.05) is 12.3 Å². The second-order valence-electron chi connectivity index (χ2n) is 9.68. The molecule has 0 radical (unpaired) electrons. The van der Waals surface area contributed by atoms with Crippen molar-refractivity contribution in [3.63, 3.8) is 0 Å². The topological polar surface area (TPSA) is 56.9 Å². The van der Waals surface area contributed by atoms with Crippen molar-refractivity contribution in [2.45, 2.75) is 39.0 Å². The molecule has 0 unspecified atom stereocenters. The first kappa shape index (κ1) is 24.4. The first-order valence-electron chi connectivity index (χ1n) is 12.6. The summed E-state index contributed by atoms with van der Waals surface area (Å²) in [5, 5.41) is 3.62. The molecule has 1 saturated carbocycles. The predicted molar refractivity (Wildman–Crippen MR) is 140 cm³/mol. The van der Waals surface area contributed by atoms with E-state index in [-0.39, 0.29) is 0 Å². The van der Waals surface area contributed by atoms with Crippen LogP contribution in [-0.4, -0.2) is 60.8 Å². The average molecular weight is 462 g/mol. The quantitative estimate of drug-likeness (QED) is 0.550. The zero-order valence-electron chi connectivity index (χ0n) is 20.7. The average Bonchev–Trinajstić information content (AvgIpc) is 3.41. The molecule has 1 aliphatic carbocycles. The highest BCUT2D eigenvalue weighted by molar-refractivity contribution is 5.82. The Morgan fingerprint density at radius 1 is 1.21 bits per heavy atom. The summed E-state index contributed by atoms with van der Waals surface area (Å²) in [6.45, 7) is 12.2. The minimum absolute atomic E-state index is 0.613. The van der Waals surface area contributed by atoms with Crippen LogP contribution in [0.3, 0.4) is 0 Å². The minimum atomic E-state index is 0.613. The number of likely N-dealkylation sites (N-methyl/N-ethyl adjacent to an activating group) is 1. The van der Waals surface area contributed by atoms with Gasteiger partial charge in [0.15, 0.2) is 12.2 Å². The van der Waals surface area contributed by atoms with Gasteiger partial charge in [0.2, 0.25) is 0 Å². The van der Waals surface area contributed by atoms with Crippen molar-refractivity contribution >= 4 is 11.8 Å². The van der Waals surface area contributed by atoms with Crippen molar-refractivity contribution in [1.82, 2.24) is 20.1 Å². The van der Waals surface area contributed by atoms with Gasteiger partial charge in [-0.15, -0.1) is 0 Å². The number of rotatable bonds is 8. The highest BCUT2D eigenvalue weighted by Gasteiger charge is 2.26. The Bertz CT molecular complexity index is 953. The second-order valence-corrected chi connectivity index (χ2v) is 9.68. The molecule has 34 heavy (non-hydrogen) atoms. The highest BCUT2D eigenvalue weighted by atomic mass is 16.3. The van der Waals surface area contributed by atoms with Crippen LogP contribution in [0.2, 0.25) is 0 Å². The van der Waals surface area contributed by atoms with Gasteiger partial charge in [-0.3, -0.25) is 0 Å². The van der Waals surface area contributed by atoms with Crippen LogP contribution >= 0.6 is 0 Å². The third kappa shape index (κ3) is 6.67. The Kier molecular flexibility index (Phi) is 8.72. The predicted octanol–water partition coefficient (Wildman–Crippen LogP) is 5.03. The van der Waals surface area contributed by atoms with Crippen LogP contribution in [0.4, 0.5) is 0 Å². The maximum absolute atomic E-state index is 5.36. The molecular formula is C28H39N5O. The van der Waals surface area contributed by atoms with E-state index in [0.29, 0.717) is 11.7 Å². The van der Waals surface area contributed by atoms with E-state index in [4.69, 9.17) is 4.42 Å². The molecule has 2 fully saturated rings. The van der Waals surface area contributed by atoms with Gasteiger partial charge in [-0.25, -0.2) is 9.98 Å². The van der Waals surface area contributed by atoms with E-state index in [1.54, 1.807) is 12.3 Å². The fourth-order valence-corrected chi connectivity index (χ4v) is 5.08. The lowest BCUT2D eigenvalue weighted by molar-refractivity contribution is 0.121. The third-order valence-electron chi connectivity index (χ3n) is 7.30. The smallest absolute Gasteiger partial charge is 0.181 e. The lowest BCUT2D eigenvalue weighted by Crippen LogP contribution is -2.46. The normalized spacial score (nSPS) is 26.5. The molecule has 182 valence electrons. The maximum Gasteiger partial charge on any atom is 0.181 e. The van der Waals surface area contributed by atoms with Crippen LogP contribution in [0, 0.1) is 11.8 Å². The van der Waals surface area contributed by atoms with Gasteiger partial charge in [-0.1, -0.05) is 30.9 Å². The summed E-state index contributed by atoms with van der Waals surface area (Å²) in [5.41, 5.74) is 3.38. The molecule has 4 rings (SSSR count). The fourth-order valence-electron chi connectivity index (χ4n) is 5.08. The molecule has 1 saturated heterocycles. The van der Waals surface area contributed by atoms with Crippen LogP contribution in [0.5, 0.6) is 0 Å². The van der Waals surface area contributed by atoms with E-state index >= 15 is 0 Å². The van der Waals surface area contributed by atoms with Crippen LogP contribution in [-0.2, 0) is 0 Å². The molecular weight excluding hydrogens is 422 g/mol. The van der Waals surface area contributed by atoms with Gasteiger partial charge in [-0.2, -0.15) is 0 Å². The summed E-state index contributed by atoms with van der Waals surface area (Å²) < 4.78 is 5.36. The molecule has 0 spiro atoms. The summed E-state index contributed by atoms with van der Waals surface area (Å²) in [7, 11) is 2.23. The first-order chi connectivity index (χ1) is 16.6. The molecule has 0 amide bonds. The number of piperazine rings is 1. The molecule has 2 aliphatic heterocycles.